The van der Waals surface area contributed by atoms with Gasteiger partial charge in [-0.15, -0.1) is 0 Å². The number of esters is 1. The van der Waals surface area contributed by atoms with Gasteiger partial charge in [-0.2, -0.15) is 0 Å². The molecule has 1 fully saturated rings. The molecule has 2 aromatic carbocycles. The first-order valence-electron chi connectivity index (χ1n) is 15.5. The Kier molecular flexibility index (Phi) is 9.77. The summed E-state index contributed by atoms with van der Waals surface area (Å²) in [6, 6.07) is 12.1. The molecule has 0 spiro atoms. The minimum absolute atomic E-state index is 0.0852. The Morgan fingerprint density at radius 1 is 0.978 bits per heavy atom. The summed E-state index contributed by atoms with van der Waals surface area (Å²) in [5, 5.41) is 4.02. The minimum atomic E-state index is -0.627. The van der Waals surface area contributed by atoms with Gasteiger partial charge in [-0.25, -0.2) is 4.79 Å². The number of oxime groups is 1. The van der Waals surface area contributed by atoms with Gasteiger partial charge < -0.3 is 19.2 Å². The number of hydrogen-bond donors (Lipinski definition) is 0. The molecule has 236 valence electrons. The number of ether oxygens (including phenoxy) is 2. The van der Waals surface area contributed by atoms with Gasteiger partial charge in [0.1, 0.15) is 11.5 Å². The lowest BCUT2D eigenvalue weighted by Gasteiger charge is -2.35. The smallest absolute Gasteiger partial charge is 0.331 e. The van der Waals surface area contributed by atoms with Crippen LogP contribution in [0.3, 0.4) is 0 Å². The molecule has 9 nitrogen and oxygen atoms in total. The van der Waals surface area contributed by atoms with Gasteiger partial charge in [0.05, 0.1) is 6.04 Å². The number of allylic oxidation sites excluding steroid dienone is 2. The molecule has 0 N–H and O–H groups in total. The predicted molar refractivity (Wildman–Crippen MR) is 171 cm³/mol. The van der Waals surface area contributed by atoms with E-state index in [1.165, 1.54) is 13.8 Å². The van der Waals surface area contributed by atoms with Crippen LogP contribution in [0.4, 0.5) is 5.69 Å². The minimum Gasteiger partial charge on any atom is -0.427 e. The van der Waals surface area contributed by atoms with Crippen molar-refractivity contribution >= 4 is 34.9 Å². The van der Waals surface area contributed by atoms with E-state index in [4.69, 9.17) is 14.3 Å². The second kappa shape index (κ2) is 13.7. The third-order valence-corrected chi connectivity index (χ3v) is 8.90. The van der Waals surface area contributed by atoms with Crippen molar-refractivity contribution in [3.8, 4) is 5.75 Å². The van der Waals surface area contributed by atoms with Crippen molar-refractivity contribution in [3.05, 3.63) is 83.0 Å². The fourth-order valence-corrected chi connectivity index (χ4v) is 6.76. The van der Waals surface area contributed by atoms with Crippen LogP contribution in [-0.4, -0.2) is 55.5 Å². The molecule has 1 aliphatic heterocycles. The lowest BCUT2D eigenvalue weighted by molar-refractivity contribution is -0.141. The summed E-state index contributed by atoms with van der Waals surface area (Å²) in [5.74, 6) is -0.707. The van der Waals surface area contributed by atoms with Crippen molar-refractivity contribution in [3.63, 3.8) is 0 Å². The molecule has 0 radical (unpaired) electrons. The number of rotatable bonds is 12. The standard InChI is InChI=1S/C36H40N2O7/c1-23(39)44-29-14-10-26(11-15-29)34(41)27-12-16-32-30(21-27)36(3)22-28(13-17-33(36)38(32)18-7-19-43-4)35(42)31(37-45-24(2)40)20-25-8-5-6-9-25/h10-17,21-22,25,33H,5-9,18-20H2,1-4H3/b37-31+. The van der Waals surface area contributed by atoms with E-state index in [0.29, 0.717) is 41.4 Å². The topological polar surface area (TPSA) is 112 Å². The van der Waals surface area contributed by atoms with Crippen LogP contribution in [-0.2, 0) is 29.4 Å². The van der Waals surface area contributed by atoms with Gasteiger partial charge in [0, 0.05) is 61.9 Å². The molecule has 2 unspecified atom stereocenters. The van der Waals surface area contributed by atoms with E-state index in [1.807, 2.05) is 36.4 Å². The molecule has 1 saturated carbocycles. The number of nitrogens with zero attached hydrogens (tertiary/aromatic N) is 2. The fraction of sp³-hybridized carbons (Fsp3) is 0.417. The van der Waals surface area contributed by atoms with Crippen molar-refractivity contribution in [2.75, 3.05) is 25.2 Å². The van der Waals surface area contributed by atoms with Crippen LogP contribution < -0.4 is 9.64 Å². The summed E-state index contributed by atoms with van der Waals surface area (Å²) in [4.78, 5) is 57.7. The first-order valence-corrected chi connectivity index (χ1v) is 15.5. The molecule has 2 aromatic rings. The van der Waals surface area contributed by atoms with Crippen LogP contribution in [0.5, 0.6) is 5.75 Å². The highest BCUT2D eigenvalue weighted by Gasteiger charge is 2.47. The number of benzene rings is 2. The Morgan fingerprint density at radius 3 is 2.36 bits per heavy atom. The van der Waals surface area contributed by atoms with Gasteiger partial charge in [0.25, 0.3) is 0 Å². The lowest BCUT2D eigenvalue weighted by atomic mass is 9.73. The van der Waals surface area contributed by atoms with Crippen LogP contribution in [0.15, 0.2) is 71.4 Å². The highest BCUT2D eigenvalue weighted by Crippen LogP contribution is 2.49. The molecule has 2 atom stereocenters. The largest absolute Gasteiger partial charge is 0.427 e. The number of Topliss-reactive ketones (excluding diaryl/α,β-unsaturated/α-hetero) is 1. The molecule has 0 amide bonds. The molecule has 9 heteroatoms. The Balaban J connectivity index is 1.50. The second-order valence-corrected chi connectivity index (χ2v) is 12.2. The zero-order valence-electron chi connectivity index (χ0n) is 26.3. The van der Waals surface area contributed by atoms with Gasteiger partial charge in [0.15, 0.2) is 5.78 Å². The van der Waals surface area contributed by atoms with Gasteiger partial charge in [0.2, 0.25) is 5.78 Å². The van der Waals surface area contributed by atoms with Crippen LogP contribution in [0, 0.1) is 5.92 Å². The van der Waals surface area contributed by atoms with Crippen LogP contribution in [0.1, 0.15) is 80.8 Å². The fourth-order valence-electron chi connectivity index (χ4n) is 6.76. The van der Waals surface area contributed by atoms with Crippen LogP contribution >= 0.6 is 0 Å². The third kappa shape index (κ3) is 6.99. The van der Waals surface area contributed by atoms with E-state index in [0.717, 1.165) is 49.9 Å². The summed E-state index contributed by atoms with van der Waals surface area (Å²) in [5.41, 5.74) is 3.03. The number of carbonyl (C=O) groups is 4. The van der Waals surface area contributed by atoms with Crippen molar-refractivity contribution in [2.45, 2.75) is 70.8 Å². The summed E-state index contributed by atoms with van der Waals surface area (Å²) in [7, 11) is 1.68. The number of hydrogen-bond acceptors (Lipinski definition) is 9. The van der Waals surface area contributed by atoms with E-state index in [2.05, 4.69) is 17.0 Å². The highest BCUT2D eigenvalue weighted by atomic mass is 16.7. The summed E-state index contributed by atoms with van der Waals surface area (Å²) < 4.78 is 10.4. The van der Waals surface area contributed by atoms with E-state index in [9.17, 15) is 19.2 Å². The van der Waals surface area contributed by atoms with Crippen molar-refractivity contribution in [1.29, 1.82) is 0 Å². The van der Waals surface area contributed by atoms with Gasteiger partial charge in [-0.3, -0.25) is 14.4 Å². The molecular formula is C36H40N2O7. The number of carbonyl (C=O) groups excluding carboxylic acids is 4. The van der Waals surface area contributed by atoms with E-state index in [1.54, 1.807) is 31.4 Å². The Morgan fingerprint density at radius 2 is 1.69 bits per heavy atom. The van der Waals surface area contributed by atoms with Gasteiger partial charge in [-0.1, -0.05) is 49.1 Å². The van der Waals surface area contributed by atoms with Crippen LogP contribution in [0.2, 0.25) is 0 Å². The molecule has 45 heavy (non-hydrogen) atoms. The Hall–Kier alpha value is -4.37. The maximum Gasteiger partial charge on any atom is 0.331 e. The van der Waals surface area contributed by atoms with E-state index < -0.39 is 17.4 Å². The summed E-state index contributed by atoms with van der Waals surface area (Å²) in [6.45, 7) is 6.02. The van der Waals surface area contributed by atoms with Gasteiger partial charge >= 0.3 is 11.9 Å². The zero-order chi connectivity index (χ0) is 32.1. The number of fused-ring (bicyclic) bond motifs is 3. The average molecular weight is 613 g/mol. The maximum atomic E-state index is 13.9. The van der Waals surface area contributed by atoms with Crippen molar-refractivity contribution in [2.24, 2.45) is 11.1 Å². The molecular weight excluding hydrogens is 572 g/mol. The molecule has 2 aliphatic carbocycles. The molecule has 0 bridgehead atoms. The lowest BCUT2D eigenvalue weighted by Crippen LogP contribution is -2.43. The first-order chi connectivity index (χ1) is 21.6. The monoisotopic (exact) mass is 612 g/mol. The highest BCUT2D eigenvalue weighted by molar-refractivity contribution is 6.46. The van der Waals surface area contributed by atoms with Crippen molar-refractivity contribution in [1.82, 2.24) is 0 Å². The maximum absolute atomic E-state index is 13.9. The quantitative estimate of drug-likeness (QED) is 0.0555. The Labute approximate surface area is 263 Å². The normalized spacial score (nSPS) is 20.8. The second-order valence-electron chi connectivity index (χ2n) is 12.2. The average Bonchev–Trinajstić information content (AvgIpc) is 3.62. The SMILES string of the molecule is COCCCN1c2ccc(C(=O)c3ccc(OC(C)=O)cc3)cc2C2(C)C=C(C(=O)/C(CC3CCCC3)=N/OC(C)=O)C=CC12. The number of ketones is 2. The summed E-state index contributed by atoms with van der Waals surface area (Å²) in [6.07, 6.45) is 11.4. The van der Waals surface area contributed by atoms with Crippen molar-refractivity contribution < 1.29 is 33.5 Å². The number of methoxy groups -OCH3 is 1. The molecule has 3 aliphatic rings. The molecule has 0 saturated heterocycles. The third-order valence-electron chi connectivity index (χ3n) is 8.90. The summed E-state index contributed by atoms with van der Waals surface area (Å²) >= 11 is 0. The van der Waals surface area contributed by atoms with Crippen LogP contribution in [0.25, 0.3) is 0 Å². The van der Waals surface area contributed by atoms with E-state index >= 15 is 0 Å². The molecule has 5 rings (SSSR count). The molecule has 0 aromatic heterocycles. The Bertz CT molecular complexity index is 1570. The number of anilines is 1. The first kappa shape index (κ1) is 32.0. The zero-order valence-corrected chi connectivity index (χ0v) is 26.3. The van der Waals surface area contributed by atoms with Gasteiger partial charge in [-0.05, 0) is 73.7 Å². The molecule has 1 heterocycles. The predicted octanol–water partition coefficient (Wildman–Crippen LogP) is 5.89. The van der Waals surface area contributed by atoms with E-state index in [-0.39, 0.29) is 23.3 Å².